The van der Waals surface area contributed by atoms with Crippen LogP contribution in [0.4, 0.5) is 0 Å². The van der Waals surface area contributed by atoms with Gasteiger partial charge in [-0.15, -0.1) is 0 Å². The lowest BCUT2D eigenvalue weighted by Crippen LogP contribution is -2.19. The van der Waals surface area contributed by atoms with Crippen LogP contribution in [0.1, 0.15) is 44.4 Å². The fourth-order valence-electron chi connectivity index (χ4n) is 2.57. The molecule has 1 heteroatoms. The third-order valence-electron chi connectivity index (χ3n) is 3.77. The Morgan fingerprint density at radius 1 is 1.00 bits per heavy atom. The van der Waals surface area contributed by atoms with E-state index in [1.165, 1.54) is 22.3 Å². The van der Waals surface area contributed by atoms with Gasteiger partial charge in [-0.05, 0) is 48.6 Å². The highest BCUT2D eigenvalue weighted by Gasteiger charge is 2.10. The summed E-state index contributed by atoms with van der Waals surface area (Å²) in [6.07, 6.45) is 2.25. The summed E-state index contributed by atoms with van der Waals surface area (Å²) in [5.41, 5.74) is 5.45. The number of hydrogen-bond acceptors (Lipinski definition) is 1. The summed E-state index contributed by atoms with van der Waals surface area (Å²) in [4.78, 5) is 0. The summed E-state index contributed by atoms with van der Waals surface area (Å²) < 4.78 is 0. The van der Waals surface area contributed by atoms with Crippen LogP contribution in [0.5, 0.6) is 0 Å². The minimum atomic E-state index is 0.386. The minimum Gasteiger partial charge on any atom is -0.310 e. The topological polar surface area (TPSA) is 12.0 Å². The molecule has 0 saturated carbocycles. The number of benzene rings is 2. The molecule has 0 bridgehead atoms. The zero-order valence-electron chi connectivity index (χ0n) is 12.8. The van der Waals surface area contributed by atoms with Crippen LogP contribution < -0.4 is 5.32 Å². The van der Waals surface area contributed by atoms with Gasteiger partial charge in [-0.25, -0.2) is 0 Å². The molecule has 0 aliphatic carbocycles. The zero-order valence-corrected chi connectivity index (χ0v) is 12.8. The number of hydrogen-bond donors (Lipinski definition) is 1. The Balaban J connectivity index is 2.35. The van der Waals surface area contributed by atoms with E-state index in [0.29, 0.717) is 6.04 Å². The summed E-state index contributed by atoms with van der Waals surface area (Å²) in [5, 5.41) is 3.59. The average Bonchev–Trinajstić information content (AvgIpc) is 2.52. The van der Waals surface area contributed by atoms with Crippen LogP contribution in [-0.4, -0.2) is 6.54 Å². The molecule has 0 radical (unpaired) electrons. The minimum absolute atomic E-state index is 0.386. The zero-order chi connectivity index (χ0) is 14.4. The third-order valence-corrected chi connectivity index (χ3v) is 3.77. The Hall–Kier alpha value is -1.60. The second-order valence-corrected chi connectivity index (χ2v) is 5.32. The fraction of sp³-hybridized carbons (Fsp3) is 0.368. The fourth-order valence-corrected chi connectivity index (χ4v) is 2.57. The second-order valence-electron chi connectivity index (χ2n) is 5.32. The van der Waals surface area contributed by atoms with Crippen molar-refractivity contribution in [2.75, 3.05) is 6.54 Å². The van der Waals surface area contributed by atoms with E-state index in [0.717, 1.165) is 19.4 Å². The van der Waals surface area contributed by atoms with Crippen LogP contribution in [-0.2, 0) is 6.42 Å². The summed E-state index contributed by atoms with van der Waals surface area (Å²) >= 11 is 0. The first-order valence-corrected chi connectivity index (χ1v) is 7.67. The Labute approximate surface area is 123 Å². The van der Waals surface area contributed by atoms with Crippen molar-refractivity contribution in [3.8, 4) is 11.1 Å². The molecule has 0 amide bonds. The summed E-state index contributed by atoms with van der Waals surface area (Å²) in [7, 11) is 0. The highest BCUT2D eigenvalue weighted by Crippen LogP contribution is 2.28. The van der Waals surface area contributed by atoms with Crippen molar-refractivity contribution >= 4 is 0 Å². The van der Waals surface area contributed by atoms with Crippen LogP contribution in [0.2, 0.25) is 0 Å². The van der Waals surface area contributed by atoms with Crippen LogP contribution in [0.25, 0.3) is 11.1 Å². The van der Waals surface area contributed by atoms with Gasteiger partial charge in [0.05, 0.1) is 0 Å². The normalized spacial score (nSPS) is 12.3. The Bertz CT molecular complexity index is 545. The van der Waals surface area contributed by atoms with Crippen LogP contribution in [0.3, 0.4) is 0 Å². The van der Waals surface area contributed by atoms with E-state index in [1.54, 1.807) is 0 Å². The molecule has 20 heavy (non-hydrogen) atoms. The van der Waals surface area contributed by atoms with Gasteiger partial charge in [0.15, 0.2) is 0 Å². The van der Waals surface area contributed by atoms with Gasteiger partial charge in [-0.3, -0.25) is 0 Å². The number of nitrogens with one attached hydrogen (secondary N) is 1. The SMILES string of the molecule is CCCNC(C)c1ccccc1-c1cccc(CC)c1. The van der Waals surface area contributed by atoms with Gasteiger partial charge >= 0.3 is 0 Å². The van der Waals surface area contributed by atoms with Gasteiger partial charge in [0, 0.05) is 6.04 Å². The van der Waals surface area contributed by atoms with Crippen LogP contribution >= 0.6 is 0 Å². The van der Waals surface area contributed by atoms with Gasteiger partial charge in [0.1, 0.15) is 0 Å². The molecule has 1 N–H and O–H groups in total. The largest absolute Gasteiger partial charge is 0.310 e. The first-order chi connectivity index (χ1) is 9.76. The summed E-state index contributed by atoms with van der Waals surface area (Å²) in [6, 6.07) is 18.0. The molecule has 0 saturated heterocycles. The van der Waals surface area contributed by atoms with E-state index in [9.17, 15) is 0 Å². The van der Waals surface area contributed by atoms with Crippen molar-refractivity contribution in [3.05, 3.63) is 59.7 Å². The van der Waals surface area contributed by atoms with Crippen molar-refractivity contribution in [3.63, 3.8) is 0 Å². The van der Waals surface area contributed by atoms with Gasteiger partial charge in [-0.1, -0.05) is 62.4 Å². The molecule has 0 aliphatic heterocycles. The Morgan fingerprint density at radius 2 is 1.80 bits per heavy atom. The molecule has 1 atom stereocenters. The van der Waals surface area contributed by atoms with Crippen molar-refractivity contribution in [2.45, 2.75) is 39.7 Å². The van der Waals surface area contributed by atoms with E-state index in [4.69, 9.17) is 0 Å². The second kappa shape index (κ2) is 7.25. The number of aryl methyl sites for hydroxylation is 1. The van der Waals surface area contributed by atoms with E-state index >= 15 is 0 Å². The lowest BCUT2D eigenvalue weighted by atomic mass is 9.94. The van der Waals surface area contributed by atoms with Crippen molar-refractivity contribution in [1.29, 1.82) is 0 Å². The molecule has 2 aromatic carbocycles. The first-order valence-electron chi connectivity index (χ1n) is 7.67. The Morgan fingerprint density at radius 3 is 2.55 bits per heavy atom. The van der Waals surface area contributed by atoms with Gasteiger partial charge in [-0.2, -0.15) is 0 Å². The van der Waals surface area contributed by atoms with Crippen molar-refractivity contribution in [1.82, 2.24) is 5.32 Å². The Kier molecular flexibility index (Phi) is 5.37. The lowest BCUT2D eigenvalue weighted by Gasteiger charge is -2.18. The molecule has 0 aliphatic rings. The highest BCUT2D eigenvalue weighted by molar-refractivity contribution is 5.68. The van der Waals surface area contributed by atoms with E-state index in [2.05, 4.69) is 74.6 Å². The maximum absolute atomic E-state index is 3.59. The summed E-state index contributed by atoms with van der Waals surface area (Å²) in [6.45, 7) is 7.72. The monoisotopic (exact) mass is 267 g/mol. The van der Waals surface area contributed by atoms with Crippen molar-refractivity contribution in [2.24, 2.45) is 0 Å². The molecule has 0 heterocycles. The molecule has 0 fully saturated rings. The quantitative estimate of drug-likeness (QED) is 0.778. The standard InChI is InChI=1S/C19H25N/c1-4-13-20-15(3)18-11-6-7-12-19(18)17-10-8-9-16(5-2)14-17/h6-12,14-15,20H,4-5,13H2,1-3H3. The maximum Gasteiger partial charge on any atom is 0.0297 e. The molecule has 106 valence electrons. The number of rotatable bonds is 6. The molecule has 2 aromatic rings. The molecule has 1 nitrogen and oxygen atoms in total. The van der Waals surface area contributed by atoms with Crippen LogP contribution in [0, 0.1) is 0 Å². The predicted molar refractivity (Wildman–Crippen MR) is 88.0 cm³/mol. The highest BCUT2D eigenvalue weighted by atomic mass is 14.9. The summed E-state index contributed by atoms with van der Waals surface area (Å²) in [5.74, 6) is 0. The van der Waals surface area contributed by atoms with Crippen molar-refractivity contribution < 1.29 is 0 Å². The predicted octanol–water partition coefficient (Wildman–Crippen LogP) is 4.98. The molecular formula is C19H25N. The van der Waals surface area contributed by atoms with E-state index in [-0.39, 0.29) is 0 Å². The molecule has 0 spiro atoms. The van der Waals surface area contributed by atoms with Gasteiger partial charge < -0.3 is 5.32 Å². The van der Waals surface area contributed by atoms with Gasteiger partial charge in [0.25, 0.3) is 0 Å². The lowest BCUT2D eigenvalue weighted by molar-refractivity contribution is 0.572. The van der Waals surface area contributed by atoms with Crippen LogP contribution in [0.15, 0.2) is 48.5 Å². The average molecular weight is 267 g/mol. The third kappa shape index (κ3) is 3.49. The first kappa shape index (κ1) is 14.8. The maximum atomic E-state index is 3.59. The smallest absolute Gasteiger partial charge is 0.0297 e. The molecule has 1 unspecified atom stereocenters. The van der Waals surface area contributed by atoms with Gasteiger partial charge in [0.2, 0.25) is 0 Å². The molecular weight excluding hydrogens is 242 g/mol. The van der Waals surface area contributed by atoms with E-state index in [1.807, 2.05) is 0 Å². The van der Waals surface area contributed by atoms with E-state index < -0.39 is 0 Å². The molecule has 0 aromatic heterocycles. The molecule has 2 rings (SSSR count).